The number of carboxylic acid groups (broad SMARTS) is 3. The molecule has 0 aliphatic rings. The van der Waals surface area contributed by atoms with Gasteiger partial charge in [-0.2, -0.15) is 0 Å². The summed E-state index contributed by atoms with van der Waals surface area (Å²) in [4.78, 5) is 159. The molecule has 0 saturated heterocycles. The van der Waals surface area contributed by atoms with Crippen molar-refractivity contribution in [1.82, 2.24) is 52.8 Å². The smallest absolute Gasteiger partial charge is 0.326 e. The molecule has 17 N–H and O–H groups in total. The molecule has 440 valence electrons. The van der Waals surface area contributed by atoms with Crippen LogP contribution in [0.1, 0.15) is 106 Å². The zero-order valence-corrected chi connectivity index (χ0v) is 45.8. The number of aliphatic hydroxyl groups is 2. The van der Waals surface area contributed by atoms with Crippen LogP contribution < -0.4 is 53.6 Å². The van der Waals surface area contributed by atoms with Crippen LogP contribution in [0.3, 0.4) is 0 Å². The number of benzene rings is 1. The van der Waals surface area contributed by atoms with E-state index in [1.807, 2.05) is 0 Å². The maximum absolute atomic E-state index is 14.4. The van der Waals surface area contributed by atoms with Gasteiger partial charge in [0, 0.05) is 36.4 Å². The average Bonchev–Trinajstić information content (AvgIpc) is 3.77. The molecule has 0 aliphatic heterocycles. The Morgan fingerprint density at radius 3 is 1.51 bits per heavy atom. The standard InChI is InChI=1S/C51H79N11O17/c1-23(2)18-34(45(72)55-26(7)43(70)58-33(51(78)79)15-17-39(68)69)56-37(65)22-54-49(76)41(27(8)63)61-44(71)32(14-16-38(66)67)57-47(74)36(20-29-21-53-31-13-11-10-12-30(29)31)59-46(73)35(19-24(3)4)60-50(77)42(28(9)64)62-48(75)40(52)25(5)6/h10-13,21,23-28,32-36,40-42,53,63-64H,14-20,22,52H2,1-9H3,(H,54,76)(H,55,72)(H,56,65)(H,57,74)(H,58,70)(H,59,73)(H,60,77)(H,61,71)(H,62,75)(H,66,67)(H,68,69)(H,78,79)/t26-,27+,28+,32-,33-,34-,35-,36-,40-,41-,42-/m0/s1. The summed E-state index contributed by atoms with van der Waals surface area (Å²) in [5.74, 6) is -13.7. The zero-order chi connectivity index (χ0) is 60.0. The normalized spacial score (nSPS) is 15.5. The van der Waals surface area contributed by atoms with Crippen LogP contribution in [-0.2, 0) is 64.0 Å². The van der Waals surface area contributed by atoms with E-state index in [1.165, 1.54) is 13.8 Å². The summed E-state index contributed by atoms with van der Waals surface area (Å²) in [6, 6.07) is -6.37. The fraction of sp³-hybridized carbons (Fsp3) is 0.608. The summed E-state index contributed by atoms with van der Waals surface area (Å²) >= 11 is 0. The molecular weight excluding hydrogens is 1040 g/mol. The molecule has 11 atom stereocenters. The van der Waals surface area contributed by atoms with Gasteiger partial charge in [-0.15, -0.1) is 0 Å². The molecule has 0 spiro atoms. The first-order valence-electron chi connectivity index (χ1n) is 25.9. The predicted molar refractivity (Wildman–Crippen MR) is 283 cm³/mol. The second kappa shape index (κ2) is 32.2. The lowest BCUT2D eigenvalue weighted by atomic mass is 9.99. The number of aliphatic carboxylic acids is 3. The molecule has 0 fully saturated rings. The lowest BCUT2D eigenvalue weighted by Crippen LogP contribution is -2.62. The van der Waals surface area contributed by atoms with Crippen molar-refractivity contribution in [3.63, 3.8) is 0 Å². The number of hydrogen-bond donors (Lipinski definition) is 16. The number of para-hydroxylation sites is 1. The number of aromatic amines is 1. The van der Waals surface area contributed by atoms with Crippen molar-refractivity contribution in [3.05, 3.63) is 36.0 Å². The number of nitrogens with one attached hydrogen (secondary N) is 10. The van der Waals surface area contributed by atoms with Crippen molar-refractivity contribution >= 4 is 82.0 Å². The van der Waals surface area contributed by atoms with Gasteiger partial charge in [-0.05, 0) is 75.8 Å². The number of nitrogens with two attached hydrogens (primary N) is 1. The van der Waals surface area contributed by atoms with Crippen LogP contribution in [0.4, 0.5) is 0 Å². The number of aliphatic hydroxyl groups excluding tert-OH is 2. The minimum atomic E-state index is -1.85. The monoisotopic (exact) mass is 1120 g/mol. The highest BCUT2D eigenvalue weighted by atomic mass is 16.4. The highest BCUT2D eigenvalue weighted by Crippen LogP contribution is 2.20. The molecule has 28 nitrogen and oxygen atoms in total. The maximum Gasteiger partial charge on any atom is 0.326 e. The van der Waals surface area contributed by atoms with E-state index in [4.69, 9.17) is 10.8 Å². The minimum Gasteiger partial charge on any atom is -0.481 e. The zero-order valence-electron chi connectivity index (χ0n) is 45.8. The summed E-state index contributed by atoms with van der Waals surface area (Å²) in [5, 5.41) is 71.3. The number of carboxylic acids is 3. The summed E-state index contributed by atoms with van der Waals surface area (Å²) < 4.78 is 0. The SMILES string of the molecule is CC(C)C[C@H](NC(=O)CNC(=O)[C@@H](NC(=O)[C@H](CCC(=O)O)NC(=O)[C@H](Cc1c[nH]c2ccccc12)NC(=O)[C@H](CC(C)C)NC(=O)[C@@H](NC(=O)[C@@H](N)C(C)C)[C@@H](C)O)[C@@H](C)O)C(=O)N[C@@H](C)C(=O)N[C@@H](CCC(=O)O)C(=O)O. The number of fused-ring (bicyclic) bond motifs is 1. The third-order valence-electron chi connectivity index (χ3n) is 12.3. The summed E-state index contributed by atoms with van der Waals surface area (Å²) in [7, 11) is 0. The van der Waals surface area contributed by atoms with Gasteiger partial charge < -0.3 is 84.1 Å². The van der Waals surface area contributed by atoms with Crippen molar-refractivity contribution in [3.8, 4) is 0 Å². The van der Waals surface area contributed by atoms with Crippen LogP contribution in [0.2, 0.25) is 0 Å². The first-order chi connectivity index (χ1) is 36.8. The van der Waals surface area contributed by atoms with E-state index in [9.17, 15) is 78.0 Å². The van der Waals surface area contributed by atoms with E-state index in [-0.39, 0.29) is 37.0 Å². The molecule has 0 bridgehead atoms. The van der Waals surface area contributed by atoms with Crippen LogP contribution in [0.15, 0.2) is 30.5 Å². The lowest BCUT2D eigenvalue weighted by Gasteiger charge is -2.29. The Morgan fingerprint density at radius 2 is 0.975 bits per heavy atom. The van der Waals surface area contributed by atoms with Gasteiger partial charge in [0.25, 0.3) is 0 Å². The van der Waals surface area contributed by atoms with Crippen LogP contribution >= 0.6 is 0 Å². The first-order valence-corrected chi connectivity index (χ1v) is 25.9. The summed E-state index contributed by atoms with van der Waals surface area (Å²) in [5.41, 5.74) is 7.14. The second-order valence-corrected chi connectivity index (χ2v) is 20.6. The molecule has 0 aliphatic carbocycles. The average molecular weight is 1120 g/mol. The number of H-pyrrole nitrogens is 1. The van der Waals surface area contributed by atoms with Gasteiger partial charge >= 0.3 is 17.9 Å². The molecule has 1 heterocycles. The van der Waals surface area contributed by atoms with E-state index in [1.54, 1.807) is 72.0 Å². The van der Waals surface area contributed by atoms with Crippen LogP contribution in [0, 0.1) is 17.8 Å². The fourth-order valence-corrected chi connectivity index (χ4v) is 7.82. The quantitative estimate of drug-likeness (QED) is 0.0341. The first kappa shape index (κ1) is 67.4. The summed E-state index contributed by atoms with van der Waals surface area (Å²) in [6.45, 7) is 13.0. The molecule has 1 aromatic carbocycles. The molecule has 28 heteroatoms. The Kier molecular flexibility index (Phi) is 27.5. The molecule has 0 radical (unpaired) electrons. The van der Waals surface area contributed by atoms with E-state index in [0.717, 1.165) is 6.92 Å². The Balaban J connectivity index is 2.37. The molecular formula is C51H79N11O17. The van der Waals surface area contributed by atoms with Gasteiger partial charge in [0.2, 0.25) is 53.2 Å². The van der Waals surface area contributed by atoms with E-state index >= 15 is 0 Å². The van der Waals surface area contributed by atoms with Gasteiger partial charge in [0.15, 0.2) is 0 Å². The molecule has 9 amide bonds. The fourth-order valence-electron chi connectivity index (χ4n) is 7.82. The van der Waals surface area contributed by atoms with Crippen LogP contribution in [0.5, 0.6) is 0 Å². The number of rotatable bonds is 34. The van der Waals surface area contributed by atoms with Crippen molar-refractivity contribution < 1.29 is 83.1 Å². The molecule has 0 saturated carbocycles. The van der Waals surface area contributed by atoms with Gasteiger partial charge in [-0.3, -0.25) is 52.7 Å². The van der Waals surface area contributed by atoms with E-state index in [0.29, 0.717) is 16.5 Å². The minimum absolute atomic E-state index is 0.00728. The van der Waals surface area contributed by atoms with Crippen molar-refractivity contribution in [2.75, 3.05) is 6.54 Å². The molecule has 0 unspecified atom stereocenters. The number of carbonyl (C=O) groups is 12. The Hall–Kier alpha value is -7.72. The van der Waals surface area contributed by atoms with Crippen LogP contribution in [-0.4, -0.2) is 175 Å². The number of amides is 9. The Morgan fingerprint density at radius 1 is 0.519 bits per heavy atom. The molecule has 2 aromatic rings. The molecule has 2 rings (SSSR count). The largest absolute Gasteiger partial charge is 0.481 e. The van der Waals surface area contributed by atoms with Gasteiger partial charge in [0.1, 0.15) is 48.3 Å². The number of carbonyl (C=O) groups excluding carboxylic acids is 9. The third kappa shape index (κ3) is 23.0. The lowest BCUT2D eigenvalue weighted by molar-refractivity contribution is -0.143. The highest BCUT2D eigenvalue weighted by Gasteiger charge is 2.36. The van der Waals surface area contributed by atoms with Gasteiger partial charge in [-0.1, -0.05) is 59.7 Å². The topological polar surface area (TPSA) is 456 Å². The predicted octanol–water partition coefficient (Wildman–Crippen LogP) is -2.62. The van der Waals surface area contributed by atoms with Gasteiger partial charge in [-0.25, -0.2) is 4.79 Å². The number of aromatic nitrogens is 1. The van der Waals surface area contributed by atoms with Gasteiger partial charge in [0.05, 0.1) is 24.8 Å². The Bertz CT molecular complexity index is 2480. The van der Waals surface area contributed by atoms with Crippen molar-refractivity contribution in [2.45, 2.75) is 174 Å². The number of hydrogen-bond acceptors (Lipinski definition) is 15. The maximum atomic E-state index is 14.4. The van der Waals surface area contributed by atoms with Crippen molar-refractivity contribution in [2.24, 2.45) is 23.5 Å². The third-order valence-corrected chi connectivity index (χ3v) is 12.3. The van der Waals surface area contributed by atoms with E-state index < -0.39 is 170 Å². The Labute approximate surface area is 456 Å². The summed E-state index contributed by atoms with van der Waals surface area (Å²) in [6.07, 6.45) is -4.09. The second-order valence-electron chi connectivity index (χ2n) is 20.6. The van der Waals surface area contributed by atoms with Crippen LogP contribution in [0.25, 0.3) is 10.9 Å². The van der Waals surface area contributed by atoms with E-state index in [2.05, 4.69) is 52.8 Å². The van der Waals surface area contributed by atoms with Crippen molar-refractivity contribution in [1.29, 1.82) is 0 Å². The molecule has 79 heavy (non-hydrogen) atoms. The molecule has 1 aromatic heterocycles. The highest BCUT2D eigenvalue weighted by molar-refractivity contribution is 5.99.